The van der Waals surface area contributed by atoms with Gasteiger partial charge in [-0.25, -0.2) is 8.42 Å². The van der Waals surface area contributed by atoms with Gasteiger partial charge in [0, 0.05) is 23.3 Å². The van der Waals surface area contributed by atoms with E-state index in [2.05, 4.69) is 0 Å². The van der Waals surface area contributed by atoms with Gasteiger partial charge in [0.2, 0.25) is 0 Å². The van der Waals surface area contributed by atoms with Gasteiger partial charge in [-0.3, -0.25) is 4.79 Å². The monoisotopic (exact) mass is 317 g/mol. The van der Waals surface area contributed by atoms with Gasteiger partial charge in [0.1, 0.15) is 16.4 Å². The number of likely N-dealkylation sites (N-methyl/N-ethyl adjacent to an activating group) is 1. The molecule has 7 heteroatoms. The minimum Gasteiger partial charge on any atom is -0.744 e. The fraction of sp³-hybridized carbons (Fsp3) is 0.357. The van der Waals surface area contributed by atoms with E-state index >= 15 is 0 Å². The number of anilines is 1. The topological polar surface area (TPSA) is 77.5 Å². The fourth-order valence-corrected chi connectivity index (χ4v) is 3.21. The average Bonchev–Trinajstić information content (AvgIpc) is 2.57. The Kier molecular flexibility index (Phi) is 5.45. The molecule has 1 aliphatic heterocycles. The Morgan fingerprint density at radius 1 is 1.33 bits per heavy atom. The predicted molar refractivity (Wildman–Crippen MR) is 74.6 cm³/mol. The Hall–Kier alpha value is -0.660. The number of carbonyl (C=O) groups excluding carboxylic acids is 1. The molecule has 1 aliphatic rings. The predicted octanol–water partition coefficient (Wildman–Crippen LogP) is -1.20. The maximum atomic E-state index is 11.2. The molecule has 1 aromatic rings. The number of nitrogens with zero attached hydrogens (tertiary/aromatic N) is 1. The molecule has 0 spiro atoms. The van der Waals surface area contributed by atoms with Crippen molar-refractivity contribution in [1.29, 1.82) is 0 Å². The van der Waals surface area contributed by atoms with Crippen molar-refractivity contribution in [2.24, 2.45) is 0 Å². The Labute approximate surface area is 147 Å². The number of fused-ring (bicyclic) bond motifs is 1. The van der Waals surface area contributed by atoms with Crippen LogP contribution in [0.3, 0.4) is 0 Å². The van der Waals surface area contributed by atoms with Gasteiger partial charge in [-0.15, -0.1) is 0 Å². The van der Waals surface area contributed by atoms with Crippen molar-refractivity contribution in [3.63, 3.8) is 0 Å². The summed E-state index contributed by atoms with van der Waals surface area (Å²) in [7, 11) is -4.49. The molecule has 1 heterocycles. The SMILES string of the molecule is CCN1C(=CC=O)C(C)(C)c2cc(S(=O)(=O)[O-])ccc21.[Na+]. The van der Waals surface area contributed by atoms with Crippen LogP contribution in [0.15, 0.2) is 34.9 Å². The number of hydrogen-bond acceptors (Lipinski definition) is 5. The van der Waals surface area contributed by atoms with Crippen LogP contribution < -0.4 is 34.5 Å². The molecule has 21 heavy (non-hydrogen) atoms. The van der Waals surface area contributed by atoms with Crippen LogP contribution in [0.4, 0.5) is 5.69 Å². The quantitative estimate of drug-likeness (QED) is 0.303. The summed E-state index contributed by atoms with van der Waals surface area (Å²) in [5.74, 6) is 0. The zero-order valence-corrected chi connectivity index (χ0v) is 15.4. The molecule has 0 fully saturated rings. The zero-order valence-electron chi connectivity index (χ0n) is 12.6. The summed E-state index contributed by atoms with van der Waals surface area (Å²) in [5.41, 5.74) is 1.85. The first-order valence-electron chi connectivity index (χ1n) is 6.27. The van der Waals surface area contributed by atoms with E-state index in [1.807, 2.05) is 25.7 Å². The molecule has 0 saturated carbocycles. The number of hydrogen-bond donors (Lipinski definition) is 0. The molecular formula is C14H16NNaO4S. The molecule has 1 aromatic carbocycles. The summed E-state index contributed by atoms with van der Waals surface area (Å²) in [5, 5.41) is 0. The normalized spacial score (nSPS) is 18.3. The van der Waals surface area contributed by atoms with E-state index in [0.29, 0.717) is 6.54 Å². The number of benzene rings is 1. The van der Waals surface area contributed by atoms with Gasteiger partial charge in [-0.2, -0.15) is 0 Å². The van der Waals surface area contributed by atoms with Crippen LogP contribution in [0.1, 0.15) is 26.3 Å². The molecule has 0 radical (unpaired) electrons. The first-order chi connectivity index (χ1) is 9.23. The van der Waals surface area contributed by atoms with Gasteiger partial charge in [0.15, 0.2) is 0 Å². The standard InChI is InChI=1S/C14H17NO4S.Na/c1-4-15-12-6-5-10(20(17,18)19)9-11(12)14(2,3)13(15)7-8-16;/h5-9H,4H2,1-3H3,(H,17,18,19);/q;+1/p-1. The van der Waals surface area contributed by atoms with E-state index in [-0.39, 0.29) is 34.5 Å². The molecule has 0 unspecified atom stereocenters. The van der Waals surface area contributed by atoms with Crippen LogP contribution in [0, 0.1) is 0 Å². The Balaban J connectivity index is 0.00000220. The number of carbonyl (C=O) groups is 1. The Morgan fingerprint density at radius 3 is 2.43 bits per heavy atom. The molecule has 2 rings (SSSR count). The molecule has 5 nitrogen and oxygen atoms in total. The molecule has 0 aromatic heterocycles. The van der Waals surface area contributed by atoms with Crippen LogP contribution in [0.5, 0.6) is 0 Å². The molecule has 0 bridgehead atoms. The first-order valence-corrected chi connectivity index (χ1v) is 7.68. The van der Waals surface area contributed by atoms with E-state index in [4.69, 9.17) is 0 Å². The summed E-state index contributed by atoms with van der Waals surface area (Å²) in [6, 6.07) is 4.34. The maximum absolute atomic E-state index is 11.2. The summed E-state index contributed by atoms with van der Waals surface area (Å²) in [6.07, 6.45) is 2.20. The molecule has 0 N–H and O–H groups in total. The van der Waals surface area contributed by atoms with Crippen LogP contribution in [0.25, 0.3) is 0 Å². The summed E-state index contributed by atoms with van der Waals surface area (Å²) in [4.78, 5) is 12.5. The molecule has 0 aliphatic carbocycles. The number of rotatable bonds is 3. The summed E-state index contributed by atoms with van der Waals surface area (Å²) in [6.45, 7) is 6.40. The smallest absolute Gasteiger partial charge is 0.744 e. The molecule has 108 valence electrons. The van der Waals surface area contributed by atoms with Gasteiger partial charge in [0.05, 0.1) is 4.90 Å². The Morgan fingerprint density at radius 2 is 1.95 bits per heavy atom. The molecule has 0 atom stereocenters. The van der Waals surface area contributed by atoms with Gasteiger partial charge in [0.25, 0.3) is 0 Å². The second-order valence-corrected chi connectivity index (χ2v) is 6.57. The van der Waals surface area contributed by atoms with Gasteiger partial charge in [-0.1, -0.05) is 13.8 Å². The van der Waals surface area contributed by atoms with Crippen molar-refractivity contribution in [2.75, 3.05) is 11.4 Å². The fourth-order valence-electron chi connectivity index (χ4n) is 2.72. The van der Waals surface area contributed by atoms with E-state index in [1.54, 1.807) is 6.07 Å². The third-order valence-corrected chi connectivity index (χ3v) is 4.53. The third-order valence-electron chi connectivity index (χ3n) is 3.69. The Bertz CT molecular complexity index is 695. The van der Waals surface area contributed by atoms with E-state index in [0.717, 1.165) is 23.2 Å². The summed E-state index contributed by atoms with van der Waals surface area (Å²) >= 11 is 0. The van der Waals surface area contributed by atoms with E-state index < -0.39 is 15.5 Å². The third kappa shape index (κ3) is 3.10. The van der Waals surface area contributed by atoms with Crippen molar-refractivity contribution >= 4 is 22.1 Å². The van der Waals surface area contributed by atoms with Crippen LogP contribution >= 0.6 is 0 Å². The zero-order chi connectivity index (χ0) is 15.1. The van der Waals surface area contributed by atoms with Crippen LogP contribution in [-0.4, -0.2) is 25.8 Å². The maximum Gasteiger partial charge on any atom is 1.00 e. The average molecular weight is 317 g/mol. The molecular weight excluding hydrogens is 301 g/mol. The van der Waals surface area contributed by atoms with Crippen molar-refractivity contribution < 1.29 is 47.3 Å². The van der Waals surface area contributed by atoms with E-state index in [9.17, 15) is 17.8 Å². The molecule has 0 saturated heterocycles. The molecule has 0 amide bonds. The van der Waals surface area contributed by atoms with Crippen LogP contribution in [0.2, 0.25) is 0 Å². The minimum atomic E-state index is -4.49. The largest absolute Gasteiger partial charge is 1.00 e. The summed E-state index contributed by atoms with van der Waals surface area (Å²) < 4.78 is 33.5. The van der Waals surface area contributed by atoms with Gasteiger partial charge < -0.3 is 9.45 Å². The van der Waals surface area contributed by atoms with Gasteiger partial charge >= 0.3 is 29.6 Å². The van der Waals surface area contributed by atoms with Crippen molar-refractivity contribution in [2.45, 2.75) is 31.1 Å². The van der Waals surface area contributed by atoms with Crippen molar-refractivity contribution in [3.05, 3.63) is 35.5 Å². The minimum absolute atomic E-state index is 0. The number of aldehydes is 1. The van der Waals surface area contributed by atoms with Crippen LogP contribution in [-0.2, 0) is 20.3 Å². The van der Waals surface area contributed by atoms with E-state index in [1.165, 1.54) is 18.2 Å². The first kappa shape index (κ1) is 18.4. The van der Waals surface area contributed by atoms with Crippen molar-refractivity contribution in [3.8, 4) is 0 Å². The van der Waals surface area contributed by atoms with Gasteiger partial charge in [-0.05, 0) is 36.8 Å². The number of allylic oxidation sites excluding steroid dienone is 2. The van der Waals surface area contributed by atoms with Crippen molar-refractivity contribution in [1.82, 2.24) is 0 Å². The second kappa shape index (κ2) is 6.22. The second-order valence-electron chi connectivity index (χ2n) is 5.19.